The largest absolute Gasteiger partial charge is 0.357 e. The summed E-state index contributed by atoms with van der Waals surface area (Å²) in [6, 6.07) is 14.8. The zero-order valence-corrected chi connectivity index (χ0v) is 17.3. The third kappa shape index (κ3) is 2.54. The summed E-state index contributed by atoms with van der Waals surface area (Å²) in [5, 5.41) is 0. The maximum Gasteiger partial charge on any atom is 0.271 e. The topological polar surface area (TPSA) is 41.4 Å². The molecule has 1 saturated carbocycles. The number of amides is 1. The van der Waals surface area contributed by atoms with Crippen LogP contribution in [0.3, 0.4) is 0 Å². The van der Waals surface area contributed by atoms with Crippen LogP contribution in [0.5, 0.6) is 0 Å². The van der Waals surface area contributed by atoms with Crippen LogP contribution in [0.25, 0.3) is 16.8 Å². The average Bonchev–Trinajstić information content (AvgIpc) is 3.48. The van der Waals surface area contributed by atoms with Crippen molar-refractivity contribution < 1.29 is 4.79 Å². The van der Waals surface area contributed by atoms with Crippen molar-refractivity contribution >= 4 is 11.7 Å². The highest BCUT2D eigenvalue weighted by Gasteiger charge is 2.53. The van der Waals surface area contributed by atoms with Crippen LogP contribution >= 0.6 is 0 Å². The molecule has 6 rings (SSSR count). The lowest BCUT2D eigenvalue weighted by Gasteiger charge is -2.28. The van der Waals surface area contributed by atoms with Crippen LogP contribution in [0.2, 0.25) is 0 Å². The number of hydrogen-bond donors (Lipinski definition) is 0. The lowest BCUT2D eigenvalue weighted by atomic mass is 9.97. The van der Waals surface area contributed by atoms with Gasteiger partial charge in [-0.2, -0.15) is 0 Å². The summed E-state index contributed by atoms with van der Waals surface area (Å²) in [6.07, 6.45) is 9.87. The molecule has 0 bridgehead atoms. The standard InChI is InChI=1S/C25H26N4O/c1-27-24(30)21-6-5-15-29(21)22-16-18(7-9-20(22)25(27)11-12-25)19-8-10-23(26-17-19)28-13-3-2-4-14-28/h5-10,15-17H,2-4,11-14H2,1H3. The van der Waals surface area contributed by atoms with Crippen molar-refractivity contribution in [3.63, 3.8) is 0 Å². The normalized spacial score (nSPS) is 19.4. The molecule has 0 unspecified atom stereocenters. The van der Waals surface area contributed by atoms with Gasteiger partial charge in [-0.25, -0.2) is 4.98 Å². The molecule has 5 heteroatoms. The van der Waals surface area contributed by atoms with Crippen molar-refractivity contribution in [2.45, 2.75) is 37.6 Å². The zero-order chi connectivity index (χ0) is 20.3. The predicted octanol–water partition coefficient (Wildman–Crippen LogP) is 4.60. The number of benzene rings is 1. The lowest BCUT2D eigenvalue weighted by Crippen LogP contribution is -2.36. The number of carbonyl (C=O) groups is 1. The van der Waals surface area contributed by atoms with Crippen LogP contribution in [0, 0.1) is 0 Å². The number of rotatable bonds is 2. The SMILES string of the molecule is CN1C(=O)c2cccn2-c2cc(-c3ccc(N4CCCCC4)nc3)ccc2C12CC2. The molecule has 0 radical (unpaired) electrons. The van der Waals surface area contributed by atoms with E-state index in [1.54, 1.807) is 0 Å². The molecule has 1 aromatic carbocycles. The summed E-state index contributed by atoms with van der Waals surface area (Å²) in [7, 11) is 1.94. The molecule has 30 heavy (non-hydrogen) atoms. The van der Waals surface area contributed by atoms with E-state index in [2.05, 4.69) is 39.8 Å². The number of nitrogens with zero attached hydrogens (tertiary/aromatic N) is 4. The Labute approximate surface area is 176 Å². The number of anilines is 1. The number of hydrogen-bond acceptors (Lipinski definition) is 3. The van der Waals surface area contributed by atoms with Crippen molar-refractivity contribution in [3.8, 4) is 16.8 Å². The predicted molar refractivity (Wildman–Crippen MR) is 118 cm³/mol. The Balaban J connectivity index is 1.42. The highest BCUT2D eigenvalue weighted by Crippen LogP contribution is 2.54. The van der Waals surface area contributed by atoms with Crippen LogP contribution in [0.4, 0.5) is 5.82 Å². The molecule has 2 aromatic heterocycles. The van der Waals surface area contributed by atoms with Crippen molar-refractivity contribution in [1.29, 1.82) is 0 Å². The minimum atomic E-state index is -0.152. The van der Waals surface area contributed by atoms with Crippen LogP contribution in [-0.2, 0) is 5.54 Å². The first-order valence-corrected chi connectivity index (χ1v) is 11.0. The van der Waals surface area contributed by atoms with Gasteiger partial charge in [0, 0.05) is 43.7 Å². The van der Waals surface area contributed by atoms with E-state index in [0.29, 0.717) is 0 Å². The molecular weight excluding hydrogens is 372 g/mol. The fraction of sp³-hybridized carbons (Fsp3) is 0.360. The summed E-state index contributed by atoms with van der Waals surface area (Å²) in [4.78, 5) is 22.1. The van der Waals surface area contributed by atoms with E-state index in [1.807, 2.05) is 36.5 Å². The van der Waals surface area contributed by atoms with Gasteiger partial charge in [0.25, 0.3) is 5.91 Å². The summed E-state index contributed by atoms with van der Waals surface area (Å²) < 4.78 is 2.06. The van der Waals surface area contributed by atoms with Crippen molar-refractivity contribution in [2.24, 2.45) is 0 Å². The van der Waals surface area contributed by atoms with E-state index < -0.39 is 0 Å². The fourth-order valence-electron chi connectivity index (χ4n) is 5.21. The Kier molecular flexibility index (Phi) is 3.82. The van der Waals surface area contributed by atoms with Crippen LogP contribution in [0.1, 0.15) is 48.2 Å². The third-order valence-corrected chi connectivity index (χ3v) is 7.16. The monoisotopic (exact) mass is 398 g/mol. The number of aromatic nitrogens is 2. The van der Waals surface area contributed by atoms with Gasteiger partial charge in [-0.15, -0.1) is 0 Å². The van der Waals surface area contributed by atoms with E-state index in [9.17, 15) is 4.79 Å². The van der Waals surface area contributed by atoms with Gasteiger partial charge in [-0.05, 0) is 68.0 Å². The molecule has 0 atom stereocenters. The first-order chi connectivity index (χ1) is 14.7. The van der Waals surface area contributed by atoms with Crippen molar-refractivity contribution in [1.82, 2.24) is 14.5 Å². The van der Waals surface area contributed by atoms with Crippen molar-refractivity contribution in [2.75, 3.05) is 25.0 Å². The Morgan fingerprint density at radius 3 is 2.50 bits per heavy atom. The first-order valence-electron chi connectivity index (χ1n) is 11.0. The van der Waals surface area contributed by atoms with Crippen molar-refractivity contribution in [3.05, 3.63) is 66.1 Å². The van der Waals surface area contributed by atoms with E-state index in [1.165, 1.54) is 24.8 Å². The summed E-state index contributed by atoms with van der Waals surface area (Å²) in [5.74, 6) is 1.17. The van der Waals surface area contributed by atoms with E-state index >= 15 is 0 Å². The second kappa shape index (κ2) is 6.46. The van der Waals surface area contributed by atoms with Gasteiger partial charge >= 0.3 is 0 Å². The average molecular weight is 399 g/mol. The summed E-state index contributed by atoms with van der Waals surface area (Å²) in [5.41, 5.74) is 5.19. The number of pyridine rings is 1. The zero-order valence-electron chi connectivity index (χ0n) is 17.3. The smallest absolute Gasteiger partial charge is 0.271 e. The molecule has 3 aromatic rings. The van der Waals surface area contributed by atoms with Crippen LogP contribution < -0.4 is 4.90 Å². The fourth-order valence-corrected chi connectivity index (χ4v) is 5.21. The summed E-state index contributed by atoms with van der Waals surface area (Å²) in [6.45, 7) is 2.20. The molecule has 1 aliphatic carbocycles. The second-order valence-corrected chi connectivity index (χ2v) is 8.84. The van der Waals surface area contributed by atoms with Gasteiger partial charge in [0.05, 0.1) is 11.2 Å². The third-order valence-electron chi connectivity index (χ3n) is 7.16. The van der Waals surface area contributed by atoms with Gasteiger partial charge in [-0.3, -0.25) is 4.79 Å². The van der Waals surface area contributed by atoms with E-state index in [0.717, 1.165) is 54.3 Å². The van der Waals surface area contributed by atoms with Gasteiger partial charge in [0.15, 0.2) is 0 Å². The molecule has 2 aliphatic heterocycles. The summed E-state index contributed by atoms with van der Waals surface area (Å²) >= 11 is 0. The van der Waals surface area contributed by atoms with E-state index in [-0.39, 0.29) is 11.4 Å². The van der Waals surface area contributed by atoms with Gasteiger partial charge in [-0.1, -0.05) is 12.1 Å². The Hall–Kier alpha value is -3.08. The molecule has 3 aliphatic rings. The molecule has 152 valence electrons. The molecule has 5 nitrogen and oxygen atoms in total. The van der Waals surface area contributed by atoms with Gasteiger partial charge in [0.2, 0.25) is 0 Å². The molecule has 1 amide bonds. The molecular formula is C25H26N4O. The minimum Gasteiger partial charge on any atom is -0.357 e. The number of fused-ring (bicyclic) bond motifs is 4. The van der Waals surface area contributed by atoms with Gasteiger partial charge in [0.1, 0.15) is 11.5 Å². The molecule has 0 N–H and O–H groups in total. The quantitative estimate of drug-likeness (QED) is 0.633. The Bertz CT molecular complexity index is 1120. The van der Waals surface area contributed by atoms with Crippen LogP contribution in [-0.4, -0.2) is 40.5 Å². The molecule has 2 fully saturated rings. The number of carbonyl (C=O) groups excluding carboxylic acids is 1. The highest BCUT2D eigenvalue weighted by molar-refractivity contribution is 5.95. The van der Waals surface area contributed by atoms with E-state index in [4.69, 9.17) is 4.98 Å². The lowest BCUT2D eigenvalue weighted by molar-refractivity contribution is 0.0705. The molecule has 1 saturated heterocycles. The first kappa shape index (κ1) is 17.8. The Morgan fingerprint density at radius 1 is 0.967 bits per heavy atom. The molecule has 4 heterocycles. The number of piperidine rings is 1. The van der Waals surface area contributed by atoms with Gasteiger partial charge < -0.3 is 14.4 Å². The highest BCUT2D eigenvalue weighted by atomic mass is 16.2. The molecule has 1 spiro atoms. The minimum absolute atomic E-state index is 0.0998. The van der Waals surface area contributed by atoms with Crippen LogP contribution in [0.15, 0.2) is 54.9 Å². The maximum absolute atomic E-state index is 13.1. The Morgan fingerprint density at radius 2 is 1.77 bits per heavy atom. The second-order valence-electron chi connectivity index (χ2n) is 8.84. The maximum atomic E-state index is 13.1.